The molecule has 0 fully saturated rings. The van der Waals surface area contributed by atoms with E-state index in [9.17, 15) is 0 Å². The Balaban J connectivity index is 1.19. The van der Waals surface area contributed by atoms with E-state index in [1.165, 1.54) is 0 Å². The fraction of sp³-hybridized carbons (Fsp3) is 0. The molecule has 49 heavy (non-hydrogen) atoms. The largest absolute Gasteiger partial charge is 0.208 e. The second-order valence-corrected chi connectivity index (χ2v) is 12.6. The molecule has 2 heterocycles. The summed E-state index contributed by atoms with van der Waals surface area (Å²) in [6.45, 7) is 0. The van der Waals surface area contributed by atoms with E-state index >= 15 is 0 Å². The van der Waals surface area contributed by atoms with Crippen LogP contribution in [-0.4, -0.2) is 15.0 Å². The third-order valence-electron chi connectivity index (χ3n) is 8.49. The van der Waals surface area contributed by atoms with Gasteiger partial charge in [-0.3, -0.25) is 0 Å². The zero-order valence-corrected chi connectivity index (χ0v) is 26.8. The molecule has 0 saturated heterocycles. The average molecular weight is 651 g/mol. The number of hydrogen-bond donors (Lipinski definition) is 0. The third kappa shape index (κ3) is 5.58. The topological polar surface area (TPSA) is 38.7 Å². The Kier molecular flexibility index (Phi) is 5.67. The maximum absolute atomic E-state index is 8.98. The van der Waals surface area contributed by atoms with Gasteiger partial charge in [-0.25, -0.2) is 15.0 Å². The lowest BCUT2D eigenvalue weighted by Gasteiger charge is -2.11. The van der Waals surface area contributed by atoms with Crippen molar-refractivity contribution < 1.29 is 9.60 Å². The van der Waals surface area contributed by atoms with E-state index in [2.05, 4.69) is 48.5 Å². The van der Waals surface area contributed by atoms with E-state index in [1.807, 2.05) is 72.8 Å². The van der Waals surface area contributed by atoms with Crippen molar-refractivity contribution in [2.24, 2.45) is 0 Å². The summed E-state index contributed by atoms with van der Waals surface area (Å²) in [6.07, 6.45) is 0. The predicted molar refractivity (Wildman–Crippen MR) is 205 cm³/mol. The van der Waals surface area contributed by atoms with Crippen molar-refractivity contribution in [2.75, 3.05) is 0 Å². The molecule has 0 aliphatic heterocycles. The van der Waals surface area contributed by atoms with Gasteiger partial charge >= 0.3 is 0 Å². The van der Waals surface area contributed by atoms with Gasteiger partial charge in [-0.2, -0.15) is 0 Å². The van der Waals surface area contributed by atoms with Crippen LogP contribution in [0.5, 0.6) is 0 Å². The molecule has 9 aromatic rings. The van der Waals surface area contributed by atoms with Gasteiger partial charge in [-0.05, 0) is 51.5 Å². The van der Waals surface area contributed by atoms with Crippen molar-refractivity contribution in [1.29, 1.82) is 0 Å². The summed E-state index contributed by atoms with van der Waals surface area (Å²) in [5.74, 6) is 1.43. The minimum Gasteiger partial charge on any atom is -0.208 e. The third-order valence-corrected chi connectivity index (χ3v) is 9.51. The summed E-state index contributed by atoms with van der Waals surface area (Å²) in [4.78, 5) is 14.9. The minimum atomic E-state index is -0.387. The molecule has 4 heteroatoms. The van der Waals surface area contributed by atoms with Gasteiger partial charge in [0.25, 0.3) is 0 Å². The predicted octanol–water partition coefficient (Wildman–Crippen LogP) is 12.2. The van der Waals surface area contributed by atoms with Crippen molar-refractivity contribution in [1.82, 2.24) is 15.0 Å². The fourth-order valence-corrected chi connectivity index (χ4v) is 7.01. The van der Waals surface area contributed by atoms with Crippen LogP contribution in [-0.2, 0) is 0 Å². The second kappa shape index (κ2) is 12.4. The summed E-state index contributed by atoms with van der Waals surface area (Å²) in [7, 11) is 0. The van der Waals surface area contributed by atoms with E-state index in [-0.39, 0.29) is 47.7 Å². The zero-order chi connectivity index (χ0) is 38.7. The fourth-order valence-electron chi connectivity index (χ4n) is 6.04. The Hall–Kier alpha value is -6.23. The maximum atomic E-state index is 8.98. The first kappa shape index (κ1) is 22.4. The van der Waals surface area contributed by atoms with Gasteiger partial charge in [0, 0.05) is 36.9 Å². The first-order valence-electron chi connectivity index (χ1n) is 19.3. The van der Waals surface area contributed by atoms with Gasteiger partial charge in [-0.1, -0.05) is 158 Å². The van der Waals surface area contributed by atoms with Crippen LogP contribution in [0.3, 0.4) is 0 Å². The molecule has 2 aromatic heterocycles. The summed E-state index contributed by atoms with van der Waals surface area (Å²) < 4.78 is 60.8. The Morgan fingerprint density at radius 1 is 0.388 bits per heavy atom. The Morgan fingerprint density at radius 3 is 1.55 bits per heavy atom. The molecule has 0 spiro atoms. The molecule has 7 aromatic carbocycles. The SMILES string of the molecule is [2H]c1c([2H])c([2H])c2c(sc3c([2H])c([2H])c([2H])c(-c4ccc(-c5nc(-c6ccc(-c7ccccc7)cc6)nc(-c6cccc(-c7ccccc7)c6)n5)cc4)c32)c1[2H]. The highest BCUT2D eigenvalue weighted by molar-refractivity contribution is 7.25. The maximum Gasteiger partial charge on any atom is 0.164 e. The smallest absolute Gasteiger partial charge is 0.164 e. The molecule has 9 rings (SSSR count). The Morgan fingerprint density at radius 2 is 0.878 bits per heavy atom. The van der Waals surface area contributed by atoms with Crippen molar-refractivity contribution >= 4 is 31.5 Å². The normalized spacial score (nSPS) is 13.3. The molecule has 0 unspecified atom stereocenters. The summed E-state index contributed by atoms with van der Waals surface area (Å²) >= 11 is 1.05. The first-order valence-corrected chi connectivity index (χ1v) is 16.6. The van der Waals surface area contributed by atoms with Crippen molar-refractivity contribution in [3.63, 3.8) is 0 Å². The van der Waals surface area contributed by atoms with E-state index in [1.54, 1.807) is 12.1 Å². The van der Waals surface area contributed by atoms with Gasteiger partial charge < -0.3 is 0 Å². The van der Waals surface area contributed by atoms with Crippen molar-refractivity contribution in [2.45, 2.75) is 0 Å². The molecule has 0 amide bonds. The van der Waals surface area contributed by atoms with Crippen LogP contribution in [0.4, 0.5) is 0 Å². The van der Waals surface area contributed by atoms with Gasteiger partial charge in [-0.15, -0.1) is 11.3 Å². The summed E-state index contributed by atoms with van der Waals surface area (Å²) in [5, 5.41) is 0.623. The quantitative estimate of drug-likeness (QED) is 0.180. The number of nitrogens with zero attached hydrogens (tertiary/aromatic N) is 3. The van der Waals surface area contributed by atoms with Gasteiger partial charge in [0.1, 0.15) is 0 Å². The van der Waals surface area contributed by atoms with Gasteiger partial charge in [0.2, 0.25) is 0 Å². The van der Waals surface area contributed by atoms with Gasteiger partial charge in [0.05, 0.1) is 9.60 Å². The van der Waals surface area contributed by atoms with Crippen molar-refractivity contribution in [3.05, 3.63) is 176 Å². The lowest BCUT2D eigenvalue weighted by molar-refractivity contribution is 1.07. The average Bonchev–Trinajstić information content (AvgIpc) is 3.65. The van der Waals surface area contributed by atoms with Crippen LogP contribution in [0.1, 0.15) is 9.60 Å². The van der Waals surface area contributed by atoms with Crippen LogP contribution in [0.2, 0.25) is 0 Å². The van der Waals surface area contributed by atoms with Gasteiger partial charge in [0.15, 0.2) is 17.5 Å². The molecule has 3 nitrogen and oxygen atoms in total. The molecule has 230 valence electrons. The number of rotatable bonds is 6. The van der Waals surface area contributed by atoms with Crippen molar-refractivity contribution in [3.8, 4) is 67.5 Å². The zero-order valence-electron chi connectivity index (χ0n) is 33.0. The first-order chi connectivity index (χ1) is 27.2. The number of benzene rings is 7. The monoisotopic (exact) mass is 650 g/mol. The van der Waals surface area contributed by atoms with Crippen LogP contribution >= 0.6 is 11.3 Å². The molecule has 0 radical (unpaired) electrons. The van der Waals surface area contributed by atoms with E-state index in [0.717, 1.165) is 44.7 Å². The van der Waals surface area contributed by atoms with Crippen LogP contribution < -0.4 is 0 Å². The van der Waals surface area contributed by atoms with Crippen LogP contribution in [0, 0.1) is 0 Å². The molecule has 0 N–H and O–H groups in total. The summed E-state index contributed by atoms with van der Waals surface area (Å²) in [5.41, 5.74) is 7.49. The van der Waals surface area contributed by atoms with E-state index < -0.39 is 0 Å². The van der Waals surface area contributed by atoms with E-state index in [4.69, 9.17) is 24.5 Å². The van der Waals surface area contributed by atoms with Crippen LogP contribution in [0.15, 0.2) is 176 Å². The highest BCUT2D eigenvalue weighted by Gasteiger charge is 2.15. The number of fused-ring (bicyclic) bond motifs is 3. The Labute approximate surface area is 298 Å². The minimum absolute atomic E-state index is 0.179. The number of thiophene rings is 1. The highest BCUT2D eigenvalue weighted by Crippen LogP contribution is 2.40. The summed E-state index contributed by atoms with van der Waals surface area (Å²) in [6, 6.07) is 41.9. The molecule has 0 bridgehead atoms. The second-order valence-electron chi connectivity index (χ2n) is 11.5. The number of hydrogen-bond acceptors (Lipinski definition) is 4. The molecule has 0 aliphatic carbocycles. The Bertz CT molecular complexity index is 2970. The molecule has 0 atom stereocenters. The molecular weight excluding hydrogens is 615 g/mol. The standard InChI is InChI=1S/C45H29N3S/c1-3-11-30(12-4-1)32-21-25-34(26-22-32)43-46-44(48-45(47-43)37-16-9-15-36(29-37)31-13-5-2-6-14-31)35-27-23-33(24-28-35)38-18-10-20-41-42(38)39-17-7-8-19-40(39)49-41/h1-29H/i7D,8D,10D,17D,18D,19D,20D. The lowest BCUT2D eigenvalue weighted by atomic mass is 9.98. The highest BCUT2D eigenvalue weighted by atomic mass is 32.1. The molecular formula is C45H29N3S. The van der Waals surface area contributed by atoms with Crippen LogP contribution in [0.25, 0.3) is 87.7 Å². The molecule has 0 aliphatic rings. The van der Waals surface area contributed by atoms with E-state index in [0.29, 0.717) is 48.9 Å². The molecule has 0 saturated carbocycles. The lowest BCUT2D eigenvalue weighted by Crippen LogP contribution is -2.00. The number of aromatic nitrogens is 3.